The Labute approximate surface area is 108 Å². The van der Waals surface area contributed by atoms with E-state index < -0.39 is 0 Å². The molecule has 0 radical (unpaired) electrons. The molecule has 3 aliphatic rings. The lowest BCUT2D eigenvalue weighted by atomic mass is 9.81. The maximum atomic E-state index is 12.2. The van der Waals surface area contributed by atoms with Crippen molar-refractivity contribution in [3.63, 3.8) is 0 Å². The molecule has 3 heterocycles. The second-order valence-corrected chi connectivity index (χ2v) is 5.58. The molecule has 0 aliphatic carbocycles. The first kappa shape index (κ1) is 12.4. The quantitative estimate of drug-likeness (QED) is 0.736. The minimum Gasteiger partial charge on any atom is -0.381 e. The first-order chi connectivity index (χ1) is 8.84. The van der Waals surface area contributed by atoms with E-state index in [1.807, 2.05) is 4.90 Å². The zero-order chi connectivity index (χ0) is 12.4. The lowest BCUT2D eigenvalue weighted by molar-refractivity contribution is -0.138. The van der Waals surface area contributed by atoms with Crippen LogP contribution in [0.2, 0.25) is 0 Å². The Balaban J connectivity index is 1.56. The van der Waals surface area contributed by atoms with Gasteiger partial charge in [0.1, 0.15) is 0 Å². The van der Waals surface area contributed by atoms with Crippen LogP contribution in [0.4, 0.5) is 0 Å². The highest BCUT2D eigenvalue weighted by Gasteiger charge is 2.38. The number of hydrogen-bond donors (Lipinski definition) is 1. The summed E-state index contributed by atoms with van der Waals surface area (Å²) >= 11 is 0. The molecule has 0 unspecified atom stereocenters. The lowest BCUT2D eigenvalue weighted by Gasteiger charge is -2.35. The van der Waals surface area contributed by atoms with Gasteiger partial charge in [-0.15, -0.1) is 0 Å². The molecule has 5 nitrogen and oxygen atoms in total. The van der Waals surface area contributed by atoms with E-state index >= 15 is 0 Å². The zero-order valence-electron chi connectivity index (χ0n) is 10.8. The predicted molar refractivity (Wildman–Crippen MR) is 66.2 cm³/mol. The standard InChI is InChI=1S/C13H22N2O3/c16-13(15-1-3-17-4-2-15)5-10-8-18-9-11-6-14-7-12(10)11/h10-12,14H,1-9H2/t10-,11-,12+/m1/s1. The van der Waals surface area contributed by atoms with Crippen molar-refractivity contribution in [3.05, 3.63) is 0 Å². The van der Waals surface area contributed by atoms with Crippen molar-refractivity contribution in [3.8, 4) is 0 Å². The largest absolute Gasteiger partial charge is 0.381 e. The van der Waals surface area contributed by atoms with Crippen LogP contribution in [0.5, 0.6) is 0 Å². The van der Waals surface area contributed by atoms with E-state index in [-0.39, 0.29) is 5.91 Å². The van der Waals surface area contributed by atoms with E-state index in [1.54, 1.807) is 0 Å². The molecular weight excluding hydrogens is 232 g/mol. The van der Waals surface area contributed by atoms with Gasteiger partial charge in [0.2, 0.25) is 5.91 Å². The van der Waals surface area contributed by atoms with Gasteiger partial charge < -0.3 is 19.7 Å². The maximum absolute atomic E-state index is 12.2. The smallest absolute Gasteiger partial charge is 0.223 e. The number of ether oxygens (including phenoxy) is 2. The van der Waals surface area contributed by atoms with E-state index in [4.69, 9.17) is 9.47 Å². The van der Waals surface area contributed by atoms with Gasteiger partial charge in [0.15, 0.2) is 0 Å². The number of nitrogens with one attached hydrogen (secondary N) is 1. The fraction of sp³-hybridized carbons (Fsp3) is 0.923. The Morgan fingerprint density at radius 1 is 1.17 bits per heavy atom. The molecule has 0 saturated carbocycles. The van der Waals surface area contributed by atoms with Crippen molar-refractivity contribution in [1.29, 1.82) is 0 Å². The van der Waals surface area contributed by atoms with Gasteiger partial charge in [-0.25, -0.2) is 0 Å². The Hall–Kier alpha value is -0.650. The van der Waals surface area contributed by atoms with Gasteiger partial charge in [-0.2, -0.15) is 0 Å². The zero-order valence-corrected chi connectivity index (χ0v) is 10.8. The Bertz CT molecular complexity index is 305. The molecule has 3 atom stereocenters. The Kier molecular flexibility index (Phi) is 3.82. The van der Waals surface area contributed by atoms with Gasteiger partial charge in [0.25, 0.3) is 0 Å². The van der Waals surface area contributed by atoms with Crippen LogP contribution in [0.1, 0.15) is 6.42 Å². The van der Waals surface area contributed by atoms with Crippen molar-refractivity contribution in [2.75, 3.05) is 52.6 Å². The molecule has 1 N–H and O–H groups in total. The van der Waals surface area contributed by atoms with Gasteiger partial charge in [0, 0.05) is 26.1 Å². The summed E-state index contributed by atoms with van der Waals surface area (Å²) in [5.74, 6) is 1.92. The number of fused-ring (bicyclic) bond motifs is 1. The molecule has 0 spiro atoms. The second kappa shape index (κ2) is 5.55. The highest BCUT2D eigenvalue weighted by molar-refractivity contribution is 5.76. The monoisotopic (exact) mass is 254 g/mol. The molecule has 0 aromatic rings. The number of carbonyl (C=O) groups is 1. The summed E-state index contributed by atoms with van der Waals surface area (Å²) in [7, 11) is 0. The average molecular weight is 254 g/mol. The first-order valence-corrected chi connectivity index (χ1v) is 6.98. The molecule has 0 aromatic carbocycles. The third-order valence-corrected chi connectivity index (χ3v) is 4.46. The van der Waals surface area contributed by atoms with Crippen molar-refractivity contribution < 1.29 is 14.3 Å². The minimum atomic E-state index is 0.277. The number of nitrogens with zero attached hydrogens (tertiary/aromatic N) is 1. The van der Waals surface area contributed by atoms with E-state index in [0.717, 1.165) is 39.4 Å². The third kappa shape index (κ3) is 2.53. The van der Waals surface area contributed by atoms with Crippen LogP contribution in [0.15, 0.2) is 0 Å². The fourth-order valence-corrected chi connectivity index (χ4v) is 3.36. The maximum Gasteiger partial charge on any atom is 0.223 e. The van der Waals surface area contributed by atoms with E-state index in [0.29, 0.717) is 37.4 Å². The van der Waals surface area contributed by atoms with Gasteiger partial charge in [-0.3, -0.25) is 4.79 Å². The normalized spacial score (nSPS) is 36.4. The number of amides is 1. The van der Waals surface area contributed by atoms with Gasteiger partial charge in [0.05, 0.1) is 26.4 Å². The Morgan fingerprint density at radius 2 is 2.00 bits per heavy atom. The summed E-state index contributed by atoms with van der Waals surface area (Å²) in [6, 6.07) is 0. The summed E-state index contributed by atoms with van der Waals surface area (Å²) in [5, 5.41) is 3.42. The van der Waals surface area contributed by atoms with Crippen molar-refractivity contribution in [1.82, 2.24) is 10.2 Å². The molecule has 3 aliphatic heterocycles. The molecular formula is C13H22N2O3. The number of carbonyl (C=O) groups excluding carboxylic acids is 1. The summed E-state index contributed by atoms with van der Waals surface area (Å²) in [5.41, 5.74) is 0. The lowest BCUT2D eigenvalue weighted by Crippen LogP contribution is -2.44. The van der Waals surface area contributed by atoms with Gasteiger partial charge in [-0.1, -0.05) is 0 Å². The minimum absolute atomic E-state index is 0.277. The third-order valence-electron chi connectivity index (χ3n) is 4.46. The van der Waals surface area contributed by atoms with Crippen molar-refractivity contribution in [2.24, 2.45) is 17.8 Å². The number of hydrogen-bond acceptors (Lipinski definition) is 4. The van der Waals surface area contributed by atoms with Crippen molar-refractivity contribution >= 4 is 5.91 Å². The van der Waals surface area contributed by atoms with Crippen LogP contribution < -0.4 is 5.32 Å². The number of rotatable bonds is 2. The molecule has 0 bridgehead atoms. The van der Waals surface area contributed by atoms with E-state index in [1.165, 1.54) is 0 Å². The van der Waals surface area contributed by atoms with Crippen LogP contribution in [0.3, 0.4) is 0 Å². The van der Waals surface area contributed by atoms with Crippen molar-refractivity contribution in [2.45, 2.75) is 6.42 Å². The van der Waals surface area contributed by atoms with E-state index in [9.17, 15) is 4.79 Å². The van der Waals surface area contributed by atoms with Crippen LogP contribution in [0.25, 0.3) is 0 Å². The molecule has 0 aromatic heterocycles. The van der Waals surface area contributed by atoms with Crippen LogP contribution in [-0.4, -0.2) is 63.4 Å². The summed E-state index contributed by atoms with van der Waals surface area (Å²) in [6.07, 6.45) is 0.642. The average Bonchev–Trinajstić information content (AvgIpc) is 2.89. The molecule has 102 valence electrons. The van der Waals surface area contributed by atoms with E-state index in [2.05, 4.69) is 5.32 Å². The topological polar surface area (TPSA) is 50.8 Å². The molecule has 3 saturated heterocycles. The van der Waals surface area contributed by atoms with Crippen LogP contribution in [-0.2, 0) is 14.3 Å². The fourth-order valence-electron chi connectivity index (χ4n) is 3.36. The Morgan fingerprint density at radius 3 is 2.83 bits per heavy atom. The van der Waals surface area contributed by atoms with Crippen LogP contribution in [0, 0.1) is 17.8 Å². The predicted octanol–water partition coefficient (Wildman–Crippen LogP) is -0.283. The van der Waals surface area contributed by atoms with Crippen LogP contribution >= 0.6 is 0 Å². The summed E-state index contributed by atoms with van der Waals surface area (Å²) in [6.45, 7) is 6.57. The summed E-state index contributed by atoms with van der Waals surface area (Å²) in [4.78, 5) is 14.2. The highest BCUT2D eigenvalue weighted by Crippen LogP contribution is 2.32. The number of morpholine rings is 1. The molecule has 3 rings (SSSR count). The second-order valence-electron chi connectivity index (χ2n) is 5.58. The molecule has 5 heteroatoms. The molecule has 18 heavy (non-hydrogen) atoms. The summed E-state index contributed by atoms with van der Waals surface area (Å²) < 4.78 is 10.9. The first-order valence-electron chi connectivity index (χ1n) is 6.98. The highest BCUT2D eigenvalue weighted by atomic mass is 16.5. The van der Waals surface area contributed by atoms with Gasteiger partial charge >= 0.3 is 0 Å². The molecule has 3 fully saturated rings. The SMILES string of the molecule is O=C(C[C@@H]1COC[C@H]2CNC[C@H]21)N1CCOCC1. The van der Waals surface area contributed by atoms with Gasteiger partial charge in [-0.05, 0) is 24.3 Å². The molecule has 1 amide bonds.